The molecule has 0 spiro atoms. The monoisotopic (exact) mass is 250 g/mol. The van der Waals surface area contributed by atoms with Gasteiger partial charge < -0.3 is 4.74 Å². The lowest BCUT2D eigenvalue weighted by molar-refractivity contribution is 0.0432. The highest BCUT2D eigenvalue weighted by molar-refractivity contribution is 6.33. The molecule has 1 atom stereocenters. The molecule has 0 saturated carbocycles. The van der Waals surface area contributed by atoms with Gasteiger partial charge in [0.1, 0.15) is 0 Å². The molecule has 1 aliphatic rings. The molecule has 2 rings (SSSR count). The summed E-state index contributed by atoms with van der Waals surface area (Å²) in [6.45, 7) is 0.481. The third-order valence-corrected chi connectivity index (χ3v) is 3.25. The molecule has 0 aliphatic heterocycles. The number of ether oxygens (including phenoxy) is 1. The molecule has 0 N–H and O–H groups in total. The van der Waals surface area contributed by atoms with E-state index in [0.29, 0.717) is 23.1 Å². The molecule has 0 saturated heterocycles. The van der Waals surface area contributed by atoms with Crippen LogP contribution >= 0.6 is 11.6 Å². The summed E-state index contributed by atoms with van der Waals surface area (Å²) in [4.78, 5) is 11.8. The molecule has 1 aliphatic carbocycles. The zero-order valence-corrected chi connectivity index (χ0v) is 10.3. The number of esters is 1. The highest BCUT2D eigenvalue weighted by atomic mass is 35.5. The predicted molar refractivity (Wildman–Crippen MR) is 68.2 cm³/mol. The summed E-state index contributed by atoms with van der Waals surface area (Å²) in [6, 6.07) is 6.96. The van der Waals surface area contributed by atoms with Crippen LogP contribution in [-0.4, -0.2) is 12.6 Å². The van der Waals surface area contributed by atoms with Crippen LogP contribution in [0, 0.1) is 5.92 Å². The Hall–Kier alpha value is -1.28. The van der Waals surface area contributed by atoms with Gasteiger partial charge in [0.15, 0.2) is 0 Å². The molecule has 0 radical (unpaired) electrons. The van der Waals surface area contributed by atoms with Crippen molar-refractivity contribution in [1.82, 2.24) is 0 Å². The number of carbonyl (C=O) groups excluding carboxylic acids is 1. The summed E-state index contributed by atoms with van der Waals surface area (Å²) in [5.41, 5.74) is 0.445. The molecule has 1 aromatic carbocycles. The van der Waals surface area contributed by atoms with Crippen molar-refractivity contribution < 1.29 is 9.53 Å². The normalized spacial score (nSPS) is 19.0. The van der Waals surface area contributed by atoms with Gasteiger partial charge in [-0.3, -0.25) is 0 Å². The van der Waals surface area contributed by atoms with Gasteiger partial charge in [-0.15, -0.1) is 0 Å². The second-order valence-corrected chi connectivity index (χ2v) is 4.64. The van der Waals surface area contributed by atoms with E-state index in [-0.39, 0.29) is 5.97 Å². The van der Waals surface area contributed by atoms with E-state index >= 15 is 0 Å². The van der Waals surface area contributed by atoms with Crippen molar-refractivity contribution in [3.05, 3.63) is 47.0 Å². The molecule has 2 nitrogen and oxygen atoms in total. The Balaban J connectivity index is 1.89. The molecule has 90 valence electrons. The van der Waals surface area contributed by atoms with Crippen LogP contribution in [0.1, 0.15) is 29.6 Å². The van der Waals surface area contributed by atoms with Crippen LogP contribution in [0.2, 0.25) is 5.02 Å². The number of hydrogen-bond donors (Lipinski definition) is 0. The number of allylic oxidation sites excluding steroid dienone is 2. The maximum absolute atomic E-state index is 11.8. The molecular weight excluding hydrogens is 236 g/mol. The van der Waals surface area contributed by atoms with Crippen molar-refractivity contribution in [2.24, 2.45) is 5.92 Å². The van der Waals surface area contributed by atoms with E-state index in [1.54, 1.807) is 24.3 Å². The van der Waals surface area contributed by atoms with Crippen LogP contribution in [0.15, 0.2) is 36.4 Å². The smallest absolute Gasteiger partial charge is 0.339 e. The topological polar surface area (TPSA) is 26.3 Å². The molecule has 0 aromatic heterocycles. The van der Waals surface area contributed by atoms with Gasteiger partial charge in [0.2, 0.25) is 0 Å². The lowest BCUT2D eigenvalue weighted by Gasteiger charge is -2.17. The van der Waals surface area contributed by atoms with Crippen LogP contribution < -0.4 is 0 Å². The van der Waals surface area contributed by atoms with Crippen LogP contribution in [0.4, 0.5) is 0 Å². The first kappa shape index (κ1) is 12.2. The average Bonchev–Trinajstić information content (AvgIpc) is 2.38. The summed E-state index contributed by atoms with van der Waals surface area (Å²) >= 11 is 5.93. The largest absolute Gasteiger partial charge is 0.462 e. The van der Waals surface area contributed by atoms with E-state index in [9.17, 15) is 4.79 Å². The SMILES string of the molecule is O=C(OCC1CC=CCC1)c1ccccc1Cl. The zero-order chi connectivity index (χ0) is 12.1. The Morgan fingerprint density at radius 2 is 2.18 bits per heavy atom. The van der Waals surface area contributed by atoms with Crippen molar-refractivity contribution in [3.63, 3.8) is 0 Å². The first-order valence-electron chi connectivity index (χ1n) is 5.84. The number of halogens is 1. The first-order valence-corrected chi connectivity index (χ1v) is 6.22. The Morgan fingerprint density at radius 3 is 2.88 bits per heavy atom. The van der Waals surface area contributed by atoms with E-state index in [0.717, 1.165) is 19.3 Å². The van der Waals surface area contributed by atoms with Crippen molar-refractivity contribution in [1.29, 1.82) is 0 Å². The Bertz CT molecular complexity index is 426. The quantitative estimate of drug-likeness (QED) is 0.602. The summed E-state index contributed by atoms with van der Waals surface area (Å²) in [5.74, 6) is 0.122. The number of hydrogen-bond acceptors (Lipinski definition) is 2. The molecule has 0 amide bonds. The standard InChI is InChI=1S/C14H15ClO2/c15-13-9-5-4-8-12(13)14(16)17-10-11-6-2-1-3-7-11/h1-2,4-5,8-9,11H,3,6-7,10H2. The minimum atomic E-state index is -0.329. The molecule has 17 heavy (non-hydrogen) atoms. The average molecular weight is 251 g/mol. The fourth-order valence-corrected chi connectivity index (χ4v) is 2.12. The van der Waals surface area contributed by atoms with Gasteiger partial charge in [0.25, 0.3) is 0 Å². The summed E-state index contributed by atoms with van der Waals surface area (Å²) in [7, 11) is 0. The molecular formula is C14H15ClO2. The van der Waals surface area contributed by atoms with Gasteiger partial charge in [0.05, 0.1) is 17.2 Å². The zero-order valence-electron chi connectivity index (χ0n) is 9.56. The predicted octanol–water partition coefficient (Wildman–Crippen LogP) is 3.85. The maximum atomic E-state index is 11.8. The highest BCUT2D eigenvalue weighted by Crippen LogP contribution is 2.20. The van der Waals surface area contributed by atoms with E-state index in [1.807, 2.05) is 0 Å². The molecule has 0 fully saturated rings. The van der Waals surface area contributed by atoms with E-state index in [1.165, 1.54) is 0 Å². The van der Waals surface area contributed by atoms with Crippen LogP contribution in [0.3, 0.4) is 0 Å². The number of benzene rings is 1. The fourth-order valence-electron chi connectivity index (χ4n) is 1.91. The lowest BCUT2D eigenvalue weighted by atomic mass is 9.95. The van der Waals surface area contributed by atoms with E-state index in [2.05, 4.69) is 12.2 Å². The van der Waals surface area contributed by atoms with Crippen molar-refractivity contribution in [3.8, 4) is 0 Å². The molecule has 0 heterocycles. The van der Waals surface area contributed by atoms with Gasteiger partial charge in [0, 0.05) is 0 Å². The van der Waals surface area contributed by atoms with Crippen molar-refractivity contribution in [2.75, 3.05) is 6.61 Å². The Kier molecular flexibility index (Phi) is 4.21. The fraction of sp³-hybridized carbons (Fsp3) is 0.357. The Labute approximate surface area is 106 Å². The third kappa shape index (κ3) is 3.34. The summed E-state index contributed by atoms with van der Waals surface area (Å²) in [6.07, 6.45) is 7.49. The second kappa shape index (κ2) is 5.87. The summed E-state index contributed by atoms with van der Waals surface area (Å²) < 4.78 is 5.29. The van der Waals surface area contributed by atoms with Crippen molar-refractivity contribution >= 4 is 17.6 Å². The van der Waals surface area contributed by atoms with E-state index in [4.69, 9.17) is 16.3 Å². The molecule has 0 bridgehead atoms. The van der Waals surface area contributed by atoms with Crippen LogP contribution in [-0.2, 0) is 4.74 Å². The minimum Gasteiger partial charge on any atom is -0.462 e. The van der Waals surface area contributed by atoms with E-state index < -0.39 is 0 Å². The molecule has 1 aromatic rings. The maximum Gasteiger partial charge on any atom is 0.339 e. The first-order chi connectivity index (χ1) is 8.27. The molecule has 3 heteroatoms. The Morgan fingerprint density at radius 1 is 1.35 bits per heavy atom. The third-order valence-electron chi connectivity index (χ3n) is 2.92. The number of rotatable bonds is 3. The highest BCUT2D eigenvalue weighted by Gasteiger charge is 2.15. The molecule has 1 unspecified atom stereocenters. The van der Waals surface area contributed by atoms with Gasteiger partial charge in [-0.05, 0) is 37.3 Å². The number of carbonyl (C=O) groups is 1. The minimum absolute atomic E-state index is 0.329. The van der Waals surface area contributed by atoms with Gasteiger partial charge >= 0.3 is 5.97 Å². The van der Waals surface area contributed by atoms with Gasteiger partial charge in [-0.2, -0.15) is 0 Å². The van der Waals surface area contributed by atoms with Crippen molar-refractivity contribution in [2.45, 2.75) is 19.3 Å². The van der Waals surface area contributed by atoms with Gasteiger partial charge in [-0.25, -0.2) is 4.79 Å². The van der Waals surface area contributed by atoms with Crippen LogP contribution in [0.25, 0.3) is 0 Å². The van der Waals surface area contributed by atoms with Gasteiger partial charge in [-0.1, -0.05) is 35.9 Å². The van der Waals surface area contributed by atoms with Crippen LogP contribution in [0.5, 0.6) is 0 Å². The second-order valence-electron chi connectivity index (χ2n) is 4.23. The lowest BCUT2D eigenvalue weighted by Crippen LogP contribution is -2.15. The summed E-state index contributed by atoms with van der Waals surface area (Å²) in [5, 5.41) is 0.445.